The van der Waals surface area contributed by atoms with Crippen molar-refractivity contribution in [2.75, 3.05) is 13.2 Å². The smallest absolute Gasteiger partial charge is 0.410 e. The van der Waals surface area contributed by atoms with E-state index in [0.29, 0.717) is 13.0 Å². The van der Waals surface area contributed by atoms with E-state index in [0.717, 1.165) is 5.56 Å². The minimum absolute atomic E-state index is 0.0189. The molecule has 1 N–H and O–H groups in total. The molecule has 1 fully saturated rings. The molecule has 0 spiro atoms. The van der Waals surface area contributed by atoms with Gasteiger partial charge in [0.15, 0.2) is 0 Å². The highest BCUT2D eigenvalue weighted by atomic mass is 19.1. The van der Waals surface area contributed by atoms with Crippen molar-refractivity contribution in [1.29, 1.82) is 0 Å². The molecule has 116 valence electrons. The highest BCUT2D eigenvalue weighted by Crippen LogP contribution is 2.32. The summed E-state index contributed by atoms with van der Waals surface area (Å²) in [7, 11) is 0. The van der Waals surface area contributed by atoms with E-state index in [2.05, 4.69) is 0 Å². The summed E-state index contributed by atoms with van der Waals surface area (Å²) in [5.74, 6) is -0.269. The second-order valence-electron chi connectivity index (χ2n) is 6.46. The van der Waals surface area contributed by atoms with Crippen molar-refractivity contribution in [3.8, 4) is 0 Å². The Bertz CT molecular complexity index is 512. The predicted octanol–water partition coefficient (Wildman–Crippen LogP) is 2.91. The molecule has 4 nitrogen and oxygen atoms in total. The summed E-state index contributed by atoms with van der Waals surface area (Å²) in [6, 6.07) is 6.11. The fourth-order valence-electron chi connectivity index (χ4n) is 2.64. The maximum atomic E-state index is 13.3. The molecule has 1 saturated heterocycles. The van der Waals surface area contributed by atoms with Crippen molar-refractivity contribution in [3.05, 3.63) is 35.6 Å². The Balaban J connectivity index is 2.12. The number of ether oxygens (including phenoxy) is 1. The molecular formula is C16H22FNO3. The lowest BCUT2D eigenvalue weighted by Crippen LogP contribution is -2.41. The summed E-state index contributed by atoms with van der Waals surface area (Å²) < 4.78 is 18.7. The molecule has 1 aromatic rings. The summed E-state index contributed by atoms with van der Waals surface area (Å²) in [5, 5.41) is 9.48. The Hall–Kier alpha value is -1.62. The van der Waals surface area contributed by atoms with Crippen LogP contribution in [-0.2, 0) is 4.74 Å². The van der Waals surface area contributed by atoms with Crippen LogP contribution in [0.15, 0.2) is 24.3 Å². The number of carbonyl (C=O) groups is 1. The van der Waals surface area contributed by atoms with E-state index in [1.807, 2.05) is 6.07 Å². The number of likely N-dealkylation sites (tertiary alicyclic amines) is 1. The molecule has 5 heteroatoms. The number of carbonyl (C=O) groups excluding carboxylic acids is 1. The quantitative estimate of drug-likeness (QED) is 0.912. The number of amides is 1. The minimum atomic E-state index is -0.575. The van der Waals surface area contributed by atoms with E-state index in [1.54, 1.807) is 31.7 Å². The van der Waals surface area contributed by atoms with Gasteiger partial charge in [-0.2, -0.15) is 0 Å². The van der Waals surface area contributed by atoms with Crippen molar-refractivity contribution in [1.82, 2.24) is 4.90 Å². The summed E-state index contributed by atoms with van der Waals surface area (Å²) in [6.45, 7) is 5.73. The molecule has 0 radical (unpaired) electrons. The highest BCUT2D eigenvalue weighted by Gasteiger charge is 2.37. The van der Waals surface area contributed by atoms with Crippen LogP contribution in [0.3, 0.4) is 0 Å². The first kappa shape index (κ1) is 15.8. The molecule has 1 aliphatic rings. The molecule has 2 atom stereocenters. The monoisotopic (exact) mass is 295 g/mol. The molecule has 1 aromatic carbocycles. The Kier molecular flexibility index (Phi) is 4.52. The van der Waals surface area contributed by atoms with Crippen molar-refractivity contribution in [2.45, 2.75) is 44.8 Å². The zero-order valence-electron chi connectivity index (χ0n) is 12.7. The Morgan fingerprint density at radius 3 is 2.76 bits per heavy atom. The summed E-state index contributed by atoms with van der Waals surface area (Å²) in [4.78, 5) is 13.7. The third-order valence-corrected chi connectivity index (χ3v) is 3.57. The van der Waals surface area contributed by atoms with Gasteiger partial charge in [0, 0.05) is 12.5 Å². The molecule has 0 aliphatic carbocycles. The van der Waals surface area contributed by atoms with Crippen molar-refractivity contribution >= 4 is 6.09 Å². The normalized spacial score (nSPS) is 22.4. The topological polar surface area (TPSA) is 49.8 Å². The fraction of sp³-hybridized carbons (Fsp3) is 0.562. The lowest BCUT2D eigenvalue weighted by molar-refractivity contribution is 0.0174. The number of halogens is 1. The number of aliphatic hydroxyl groups excluding tert-OH is 1. The van der Waals surface area contributed by atoms with Crippen LogP contribution in [0.5, 0.6) is 0 Å². The van der Waals surface area contributed by atoms with Crippen molar-refractivity contribution < 1.29 is 19.0 Å². The second kappa shape index (κ2) is 6.02. The van der Waals surface area contributed by atoms with E-state index in [-0.39, 0.29) is 24.4 Å². The highest BCUT2D eigenvalue weighted by molar-refractivity contribution is 5.69. The average molecular weight is 295 g/mol. The number of hydrogen-bond acceptors (Lipinski definition) is 3. The summed E-state index contributed by atoms with van der Waals surface area (Å²) in [6.07, 6.45) is 0.180. The first-order valence-corrected chi connectivity index (χ1v) is 7.16. The van der Waals surface area contributed by atoms with E-state index in [1.165, 1.54) is 12.1 Å². The molecule has 1 aliphatic heterocycles. The van der Waals surface area contributed by atoms with Crippen LogP contribution in [0.4, 0.5) is 9.18 Å². The van der Waals surface area contributed by atoms with E-state index >= 15 is 0 Å². The number of rotatable bonds is 2. The fourth-order valence-corrected chi connectivity index (χ4v) is 2.64. The predicted molar refractivity (Wildman–Crippen MR) is 77.6 cm³/mol. The maximum absolute atomic E-state index is 13.3. The van der Waals surface area contributed by atoms with Gasteiger partial charge in [0.1, 0.15) is 11.4 Å². The first-order chi connectivity index (χ1) is 9.80. The van der Waals surface area contributed by atoms with Gasteiger partial charge in [-0.1, -0.05) is 12.1 Å². The van der Waals surface area contributed by atoms with Gasteiger partial charge in [-0.3, -0.25) is 0 Å². The van der Waals surface area contributed by atoms with Gasteiger partial charge in [-0.15, -0.1) is 0 Å². The van der Waals surface area contributed by atoms with Crippen LogP contribution >= 0.6 is 0 Å². The largest absolute Gasteiger partial charge is 0.444 e. The Morgan fingerprint density at radius 1 is 1.48 bits per heavy atom. The molecular weight excluding hydrogens is 273 g/mol. The van der Waals surface area contributed by atoms with Gasteiger partial charge < -0.3 is 14.7 Å². The summed E-state index contributed by atoms with van der Waals surface area (Å²) in [5.41, 5.74) is 0.271. The van der Waals surface area contributed by atoms with Gasteiger partial charge in [-0.25, -0.2) is 9.18 Å². The summed E-state index contributed by atoms with van der Waals surface area (Å²) >= 11 is 0. The van der Waals surface area contributed by atoms with E-state index in [9.17, 15) is 14.3 Å². The van der Waals surface area contributed by atoms with Crippen LogP contribution in [0.2, 0.25) is 0 Å². The second-order valence-corrected chi connectivity index (χ2v) is 6.46. The lowest BCUT2D eigenvalue weighted by Gasteiger charge is -2.27. The molecule has 0 saturated carbocycles. The third kappa shape index (κ3) is 3.94. The molecule has 0 aromatic heterocycles. The van der Waals surface area contributed by atoms with Crippen LogP contribution in [0, 0.1) is 5.82 Å². The molecule has 2 rings (SSSR count). The molecule has 1 heterocycles. The molecule has 0 unspecified atom stereocenters. The minimum Gasteiger partial charge on any atom is -0.444 e. The molecule has 1 amide bonds. The number of benzene rings is 1. The van der Waals surface area contributed by atoms with Crippen molar-refractivity contribution in [2.24, 2.45) is 0 Å². The Labute approximate surface area is 124 Å². The van der Waals surface area contributed by atoms with Crippen molar-refractivity contribution in [3.63, 3.8) is 0 Å². The van der Waals surface area contributed by atoms with Gasteiger partial charge in [0.05, 0.1) is 12.6 Å². The van der Waals surface area contributed by atoms with Gasteiger partial charge >= 0.3 is 6.09 Å². The zero-order chi connectivity index (χ0) is 15.6. The maximum Gasteiger partial charge on any atom is 0.410 e. The van der Waals surface area contributed by atoms with E-state index < -0.39 is 11.7 Å². The average Bonchev–Trinajstić information content (AvgIpc) is 2.81. The molecule has 21 heavy (non-hydrogen) atoms. The number of nitrogens with zero attached hydrogens (tertiary/aromatic N) is 1. The van der Waals surface area contributed by atoms with Crippen LogP contribution in [-0.4, -0.2) is 40.9 Å². The number of aliphatic hydroxyl groups is 1. The van der Waals surface area contributed by atoms with Crippen LogP contribution in [0.25, 0.3) is 0 Å². The molecule has 0 bridgehead atoms. The number of hydrogen-bond donors (Lipinski definition) is 1. The Morgan fingerprint density at radius 2 is 2.19 bits per heavy atom. The van der Waals surface area contributed by atoms with E-state index in [4.69, 9.17) is 4.74 Å². The lowest BCUT2D eigenvalue weighted by atomic mass is 9.96. The first-order valence-electron chi connectivity index (χ1n) is 7.16. The third-order valence-electron chi connectivity index (χ3n) is 3.57. The van der Waals surface area contributed by atoms with Gasteiger partial charge in [-0.05, 0) is 44.9 Å². The standard InChI is InChI=1S/C16H22FNO3/c1-16(2,3)21-15(20)18-9-12(8-14(18)10-19)11-5-4-6-13(17)7-11/h4-7,12,14,19H,8-10H2,1-3H3/t12-,14-/m0/s1. The SMILES string of the molecule is CC(C)(C)OC(=O)N1C[C@@H](c2cccc(F)c2)C[C@H]1CO. The zero-order valence-corrected chi connectivity index (χ0v) is 12.7. The van der Waals surface area contributed by atoms with Gasteiger partial charge in [0.2, 0.25) is 0 Å². The van der Waals surface area contributed by atoms with Gasteiger partial charge in [0.25, 0.3) is 0 Å². The van der Waals surface area contributed by atoms with Crippen LogP contribution < -0.4 is 0 Å². The van der Waals surface area contributed by atoms with Crippen LogP contribution in [0.1, 0.15) is 38.7 Å².